The number of nitrogens with zero attached hydrogens (tertiary/aromatic N) is 3. The van der Waals surface area contributed by atoms with Crippen LogP contribution in [0.2, 0.25) is 0 Å². The minimum atomic E-state index is -0.203. The number of esters is 1. The van der Waals surface area contributed by atoms with Gasteiger partial charge in [-0.25, -0.2) is 9.97 Å². The molecule has 0 spiro atoms. The molecule has 7 heteroatoms. The number of methoxy groups -OCH3 is 1. The van der Waals surface area contributed by atoms with Gasteiger partial charge in [0.2, 0.25) is 0 Å². The molecule has 5 nitrogen and oxygen atoms in total. The number of rotatable bonds is 6. The van der Waals surface area contributed by atoms with Gasteiger partial charge in [0.15, 0.2) is 5.13 Å². The third-order valence-corrected chi connectivity index (χ3v) is 4.57. The van der Waals surface area contributed by atoms with E-state index >= 15 is 0 Å². The number of aromatic nitrogens is 2. The zero-order chi connectivity index (χ0) is 14.5. The molecule has 0 fully saturated rings. The van der Waals surface area contributed by atoms with Gasteiger partial charge >= 0.3 is 5.97 Å². The Kier molecular flexibility index (Phi) is 5.08. The summed E-state index contributed by atoms with van der Waals surface area (Å²) >= 11 is 3.24. The lowest BCUT2D eigenvalue weighted by molar-refractivity contribution is -0.140. The number of hydrogen-bond donors (Lipinski definition) is 0. The monoisotopic (exact) mass is 311 g/mol. The second kappa shape index (κ2) is 6.81. The van der Waals surface area contributed by atoms with Gasteiger partial charge in [-0.3, -0.25) is 4.79 Å². The molecule has 0 atom stereocenters. The fraction of sp³-hybridized carbons (Fsp3) is 0.462. The molecule has 0 aliphatic rings. The van der Waals surface area contributed by atoms with E-state index in [1.807, 2.05) is 19.4 Å². The highest BCUT2D eigenvalue weighted by atomic mass is 32.1. The van der Waals surface area contributed by atoms with Gasteiger partial charge < -0.3 is 9.64 Å². The van der Waals surface area contributed by atoms with Crippen LogP contribution in [-0.4, -0.2) is 30.1 Å². The van der Waals surface area contributed by atoms with Crippen molar-refractivity contribution in [2.75, 3.05) is 19.1 Å². The Balaban J connectivity index is 1.92. The summed E-state index contributed by atoms with van der Waals surface area (Å²) in [7, 11) is 3.40. The van der Waals surface area contributed by atoms with Crippen LogP contribution in [0.1, 0.15) is 22.8 Å². The Morgan fingerprint density at radius 2 is 2.05 bits per heavy atom. The summed E-state index contributed by atoms with van der Waals surface area (Å²) in [6, 6.07) is 0. The van der Waals surface area contributed by atoms with E-state index < -0.39 is 0 Å². The normalized spacial score (nSPS) is 10.6. The Bertz CT molecular complexity index is 580. The SMILES string of the molecule is COC(=O)CCc1csc(N(C)Cc2csc(C)n2)n1. The van der Waals surface area contributed by atoms with Crippen molar-refractivity contribution in [3.8, 4) is 0 Å². The minimum absolute atomic E-state index is 0.203. The first-order chi connectivity index (χ1) is 9.58. The summed E-state index contributed by atoms with van der Waals surface area (Å²) in [4.78, 5) is 22.2. The Morgan fingerprint density at radius 3 is 2.70 bits per heavy atom. The first kappa shape index (κ1) is 14.9. The van der Waals surface area contributed by atoms with Gasteiger partial charge in [0.1, 0.15) is 0 Å². The molecule has 0 radical (unpaired) electrons. The molecule has 2 heterocycles. The average Bonchev–Trinajstić information content (AvgIpc) is 3.05. The molecule has 0 amide bonds. The van der Waals surface area contributed by atoms with Crippen LogP contribution in [0.3, 0.4) is 0 Å². The maximum Gasteiger partial charge on any atom is 0.305 e. The first-order valence-electron chi connectivity index (χ1n) is 6.22. The van der Waals surface area contributed by atoms with Crippen molar-refractivity contribution in [2.24, 2.45) is 0 Å². The predicted octanol–water partition coefficient (Wildman–Crippen LogP) is 2.65. The van der Waals surface area contributed by atoms with Crippen LogP contribution in [0, 0.1) is 6.92 Å². The van der Waals surface area contributed by atoms with E-state index in [1.165, 1.54) is 7.11 Å². The molecule has 108 valence electrons. The van der Waals surface area contributed by atoms with E-state index in [0.29, 0.717) is 12.8 Å². The lowest BCUT2D eigenvalue weighted by Gasteiger charge is -2.13. The van der Waals surface area contributed by atoms with Crippen LogP contribution in [0.5, 0.6) is 0 Å². The van der Waals surface area contributed by atoms with Crippen LogP contribution in [0.4, 0.5) is 5.13 Å². The van der Waals surface area contributed by atoms with Gasteiger partial charge in [-0.05, 0) is 6.92 Å². The number of hydrogen-bond acceptors (Lipinski definition) is 7. The topological polar surface area (TPSA) is 55.3 Å². The average molecular weight is 311 g/mol. The number of anilines is 1. The molecule has 0 saturated heterocycles. The molecule has 0 N–H and O–H groups in total. The molecule has 0 aromatic carbocycles. The van der Waals surface area contributed by atoms with Crippen molar-refractivity contribution in [1.82, 2.24) is 9.97 Å². The van der Waals surface area contributed by atoms with E-state index in [1.54, 1.807) is 22.7 Å². The molecule has 0 aliphatic carbocycles. The zero-order valence-electron chi connectivity index (χ0n) is 11.8. The highest BCUT2D eigenvalue weighted by molar-refractivity contribution is 7.13. The minimum Gasteiger partial charge on any atom is -0.469 e. The number of aryl methyl sites for hydroxylation is 2. The Hall–Kier alpha value is -1.47. The maximum atomic E-state index is 11.1. The molecule has 2 aromatic heterocycles. The van der Waals surface area contributed by atoms with Crippen molar-refractivity contribution < 1.29 is 9.53 Å². The molecule has 0 unspecified atom stereocenters. The predicted molar refractivity (Wildman–Crippen MR) is 81.4 cm³/mol. The first-order valence-corrected chi connectivity index (χ1v) is 7.97. The van der Waals surface area contributed by atoms with E-state index in [2.05, 4.69) is 25.0 Å². The van der Waals surface area contributed by atoms with Crippen LogP contribution in [0.15, 0.2) is 10.8 Å². The number of thiazole rings is 2. The molecule has 0 saturated carbocycles. The van der Waals surface area contributed by atoms with E-state index in [9.17, 15) is 4.79 Å². The highest BCUT2D eigenvalue weighted by Crippen LogP contribution is 2.22. The summed E-state index contributed by atoms with van der Waals surface area (Å²) in [6.45, 7) is 2.75. The highest BCUT2D eigenvalue weighted by Gasteiger charge is 2.10. The van der Waals surface area contributed by atoms with Gasteiger partial charge in [0, 0.05) is 24.2 Å². The van der Waals surface area contributed by atoms with Gasteiger partial charge in [0.25, 0.3) is 0 Å². The lowest BCUT2D eigenvalue weighted by atomic mass is 10.2. The third kappa shape index (κ3) is 4.01. The fourth-order valence-electron chi connectivity index (χ4n) is 1.71. The van der Waals surface area contributed by atoms with E-state index in [0.717, 1.165) is 28.1 Å². The molecular formula is C13H17N3O2S2. The zero-order valence-corrected chi connectivity index (χ0v) is 13.4. The molecule has 0 aliphatic heterocycles. The summed E-state index contributed by atoms with van der Waals surface area (Å²) in [5.74, 6) is -0.203. The van der Waals surface area contributed by atoms with Gasteiger partial charge in [-0.2, -0.15) is 0 Å². The molecule has 20 heavy (non-hydrogen) atoms. The lowest BCUT2D eigenvalue weighted by Crippen LogP contribution is -2.16. The van der Waals surface area contributed by atoms with Crippen LogP contribution >= 0.6 is 22.7 Å². The van der Waals surface area contributed by atoms with Crippen molar-refractivity contribution in [2.45, 2.75) is 26.3 Å². The van der Waals surface area contributed by atoms with E-state index in [-0.39, 0.29) is 5.97 Å². The largest absolute Gasteiger partial charge is 0.469 e. The third-order valence-electron chi connectivity index (χ3n) is 2.74. The summed E-state index contributed by atoms with van der Waals surface area (Å²) in [6.07, 6.45) is 0.988. The van der Waals surface area contributed by atoms with Crippen molar-refractivity contribution in [3.63, 3.8) is 0 Å². The Morgan fingerprint density at radius 1 is 1.30 bits per heavy atom. The Labute approximate surface area is 126 Å². The summed E-state index contributed by atoms with van der Waals surface area (Å²) in [5, 5.41) is 6.07. The van der Waals surface area contributed by atoms with Gasteiger partial charge in [-0.1, -0.05) is 0 Å². The maximum absolute atomic E-state index is 11.1. The van der Waals surface area contributed by atoms with Crippen LogP contribution in [0.25, 0.3) is 0 Å². The van der Waals surface area contributed by atoms with Crippen molar-refractivity contribution in [1.29, 1.82) is 0 Å². The van der Waals surface area contributed by atoms with Crippen molar-refractivity contribution in [3.05, 3.63) is 27.2 Å². The summed E-state index contributed by atoms with van der Waals surface area (Å²) < 4.78 is 4.63. The molecule has 2 rings (SSSR count). The molecule has 2 aromatic rings. The number of ether oxygens (including phenoxy) is 1. The number of carbonyl (C=O) groups excluding carboxylic acids is 1. The quantitative estimate of drug-likeness (QED) is 0.768. The van der Waals surface area contributed by atoms with Gasteiger partial charge in [0.05, 0.1) is 36.5 Å². The van der Waals surface area contributed by atoms with E-state index in [4.69, 9.17) is 0 Å². The molecular weight excluding hydrogens is 294 g/mol. The molecule has 0 bridgehead atoms. The number of carbonyl (C=O) groups is 1. The second-order valence-corrected chi connectivity index (χ2v) is 6.31. The standard InChI is InChI=1S/C13H17N3O2S2/c1-9-14-11(8-19-9)6-16(2)13-15-10(7-20-13)4-5-12(17)18-3/h7-8H,4-6H2,1-3H3. The van der Waals surface area contributed by atoms with Crippen LogP contribution < -0.4 is 4.90 Å². The van der Waals surface area contributed by atoms with Gasteiger partial charge in [-0.15, -0.1) is 22.7 Å². The summed E-state index contributed by atoms with van der Waals surface area (Å²) in [5.41, 5.74) is 1.98. The van der Waals surface area contributed by atoms with Crippen molar-refractivity contribution >= 4 is 33.8 Å². The second-order valence-electron chi connectivity index (χ2n) is 4.41. The smallest absolute Gasteiger partial charge is 0.305 e. The van der Waals surface area contributed by atoms with Crippen LogP contribution in [-0.2, 0) is 22.5 Å². The fourth-order valence-corrected chi connectivity index (χ4v) is 3.14.